The number of nitrogens with one attached hydrogen (secondary N) is 2. The average molecular weight is 368 g/mol. The minimum absolute atomic E-state index is 0.0223. The standard InChI is InChI=1S/C20H29N7/c1-12(2)16-18-17(26-25-16)19(23-15-9-7-6-8-10-15)24-20(22-11-14(5)21)27(18)13(3)4/h6-10,12-14,23H,11,21H2,1-5H3,(H,22,24). The predicted molar refractivity (Wildman–Crippen MR) is 111 cm³/mol. The van der Waals surface area contributed by atoms with E-state index in [0.29, 0.717) is 12.4 Å². The Balaban J connectivity index is 2.17. The SMILES string of the molecule is CC(N)CNc1nc(Nc2ccccc2)c2nnc(C(C)C)c-2n1C(C)C. The van der Waals surface area contributed by atoms with Crippen LogP contribution in [0.25, 0.3) is 11.4 Å². The predicted octanol–water partition coefficient (Wildman–Crippen LogP) is 3.98. The highest BCUT2D eigenvalue weighted by atomic mass is 15.3. The first-order valence-corrected chi connectivity index (χ1v) is 9.48. The molecule has 0 aromatic heterocycles. The Bertz CT molecular complexity index is 852. The molecular formula is C20H29N7. The zero-order valence-electron chi connectivity index (χ0n) is 16.7. The van der Waals surface area contributed by atoms with Gasteiger partial charge in [-0.15, -0.1) is 5.10 Å². The van der Waals surface area contributed by atoms with Gasteiger partial charge < -0.3 is 20.9 Å². The van der Waals surface area contributed by atoms with Crippen LogP contribution in [-0.4, -0.2) is 32.3 Å². The monoisotopic (exact) mass is 367 g/mol. The Morgan fingerprint density at radius 1 is 1.04 bits per heavy atom. The van der Waals surface area contributed by atoms with Gasteiger partial charge in [-0.2, -0.15) is 10.1 Å². The summed E-state index contributed by atoms with van der Waals surface area (Å²) in [6, 6.07) is 10.2. The van der Waals surface area contributed by atoms with Crippen LogP contribution in [-0.2, 0) is 0 Å². The molecule has 7 nitrogen and oxygen atoms in total. The van der Waals surface area contributed by atoms with Gasteiger partial charge in [0, 0.05) is 24.3 Å². The lowest BCUT2D eigenvalue weighted by atomic mass is 10.1. The first-order chi connectivity index (χ1) is 12.9. The zero-order valence-corrected chi connectivity index (χ0v) is 16.7. The van der Waals surface area contributed by atoms with Crippen LogP contribution in [0.2, 0.25) is 0 Å². The van der Waals surface area contributed by atoms with E-state index in [1.807, 2.05) is 37.3 Å². The molecule has 0 fully saturated rings. The van der Waals surface area contributed by atoms with Crippen molar-refractivity contribution >= 4 is 17.5 Å². The first kappa shape index (κ1) is 19.1. The number of nitrogens with two attached hydrogens (primary N) is 1. The van der Waals surface area contributed by atoms with Crippen molar-refractivity contribution in [2.24, 2.45) is 5.73 Å². The maximum Gasteiger partial charge on any atom is 0.205 e. The Hall–Kier alpha value is -2.67. The summed E-state index contributed by atoms with van der Waals surface area (Å²) < 4.78 is 2.17. The van der Waals surface area contributed by atoms with E-state index in [1.165, 1.54) is 0 Å². The van der Waals surface area contributed by atoms with Gasteiger partial charge in [0.1, 0.15) is 0 Å². The lowest BCUT2D eigenvalue weighted by Gasteiger charge is -2.24. The van der Waals surface area contributed by atoms with Crippen LogP contribution in [0.15, 0.2) is 30.3 Å². The molecule has 1 aromatic rings. The lowest BCUT2D eigenvalue weighted by Crippen LogP contribution is -2.28. The van der Waals surface area contributed by atoms with E-state index in [4.69, 9.17) is 10.7 Å². The number of hydrogen-bond acceptors (Lipinski definition) is 6. The Morgan fingerprint density at radius 2 is 1.74 bits per heavy atom. The van der Waals surface area contributed by atoms with E-state index >= 15 is 0 Å². The van der Waals surface area contributed by atoms with E-state index in [1.54, 1.807) is 0 Å². The van der Waals surface area contributed by atoms with Crippen molar-refractivity contribution in [2.75, 3.05) is 17.2 Å². The minimum atomic E-state index is 0.0223. The Kier molecular flexibility index (Phi) is 5.60. The molecule has 7 heteroatoms. The van der Waals surface area contributed by atoms with Gasteiger partial charge in [0.05, 0.1) is 11.4 Å². The van der Waals surface area contributed by atoms with Crippen LogP contribution in [0.5, 0.6) is 0 Å². The summed E-state index contributed by atoms with van der Waals surface area (Å²) in [6.45, 7) is 11.1. The van der Waals surface area contributed by atoms with Gasteiger partial charge in [-0.1, -0.05) is 32.0 Å². The van der Waals surface area contributed by atoms with Crippen molar-refractivity contribution < 1.29 is 0 Å². The molecule has 2 heterocycles. The molecule has 1 unspecified atom stereocenters. The number of rotatable bonds is 7. The van der Waals surface area contributed by atoms with Gasteiger partial charge in [-0.05, 0) is 38.8 Å². The fourth-order valence-corrected chi connectivity index (χ4v) is 3.05. The summed E-state index contributed by atoms with van der Waals surface area (Å²) in [5.41, 5.74) is 9.69. The van der Waals surface area contributed by atoms with E-state index < -0.39 is 0 Å². The number of nitrogens with zero attached hydrogens (tertiary/aromatic N) is 4. The summed E-state index contributed by atoms with van der Waals surface area (Å²) in [7, 11) is 0. The summed E-state index contributed by atoms with van der Waals surface area (Å²) in [5.74, 6) is 1.72. The molecule has 0 amide bonds. The van der Waals surface area contributed by atoms with Crippen LogP contribution in [0.1, 0.15) is 52.3 Å². The second kappa shape index (κ2) is 7.92. The molecule has 0 aliphatic carbocycles. The molecule has 27 heavy (non-hydrogen) atoms. The number of benzene rings is 1. The molecule has 3 rings (SSSR count). The van der Waals surface area contributed by atoms with Crippen molar-refractivity contribution in [1.82, 2.24) is 19.7 Å². The third-order valence-electron chi connectivity index (χ3n) is 4.32. The van der Waals surface area contributed by atoms with E-state index in [9.17, 15) is 0 Å². The summed E-state index contributed by atoms with van der Waals surface area (Å²) in [5, 5.41) is 15.7. The Labute approximate surface area is 160 Å². The molecule has 1 atom stereocenters. The number of para-hydroxylation sites is 1. The lowest BCUT2D eigenvalue weighted by molar-refractivity contribution is 0.591. The summed E-state index contributed by atoms with van der Waals surface area (Å²) in [4.78, 5) is 4.84. The fourth-order valence-electron chi connectivity index (χ4n) is 3.05. The first-order valence-electron chi connectivity index (χ1n) is 9.48. The number of aromatic nitrogens is 4. The van der Waals surface area contributed by atoms with Crippen LogP contribution in [0.4, 0.5) is 17.5 Å². The van der Waals surface area contributed by atoms with E-state index in [-0.39, 0.29) is 18.0 Å². The number of hydrogen-bond donors (Lipinski definition) is 3. The van der Waals surface area contributed by atoms with Crippen LogP contribution in [0.3, 0.4) is 0 Å². The number of fused-ring (bicyclic) bond motifs is 1. The van der Waals surface area contributed by atoms with Crippen LogP contribution in [0, 0.1) is 0 Å². The number of anilines is 3. The molecule has 4 N–H and O–H groups in total. The maximum absolute atomic E-state index is 5.96. The summed E-state index contributed by atoms with van der Waals surface area (Å²) >= 11 is 0. The van der Waals surface area contributed by atoms with Crippen LogP contribution >= 0.6 is 0 Å². The quantitative estimate of drug-likeness (QED) is 0.585. The maximum atomic E-state index is 5.96. The normalized spacial score (nSPS) is 12.7. The smallest absolute Gasteiger partial charge is 0.205 e. The highest BCUT2D eigenvalue weighted by Crippen LogP contribution is 2.38. The largest absolute Gasteiger partial charge is 0.354 e. The molecular weight excluding hydrogens is 338 g/mol. The van der Waals surface area contributed by atoms with Crippen molar-refractivity contribution in [3.63, 3.8) is 0 Å². The van der Waals surface area contributed by atoms with E-state index in [2.05, 4.69) is 53.1 Å². The minimum Gasteiger partial charge on any atom is -0.354 e. The molecule has 0 saturated carbocycles. The molecule has 0 radical (unpaired) electrons. The van der Waals surface area contributed by atoms with Gasteiger partial charge >= 0.3 is 0 Å². The third kappa shape index (κ3) is 4.03. The molecule has 0 saturated heterocycles. The second-order valence-electron chi connectivity index (χ2n) is 7.53. The molecule has 144 valence electrons. The van der Waals surface area contributed by atoms with Gasteiger partial charge in [0.25, 0.3) is 0 Å². The van der Waals surface area contributed by atoms with Gasteiger partial charge in [0.15, 0.2) is 11.5 Å². The summed E-state index contributed by atoms with van der Waals surface area (Å²) in [6.07, 6.45) is 0. The van der Waals surface area contributed by atoms with Crippen molar-refractivity contribution in [1.29, 1.82) is 0 Å². The van der Waals surface area contributed by atoms with Gasteiger partial charge in [-0.3, -0.25) is 0 Å². The van der Waals surface area contributed by atoms with Crippen molar-refractivity contribution in [3.05, 3.63) is 36.0 Å². The third-order valence-corrected chi connectivity index (χ3v) is 4.32. The fraction of sp³-hybridized carbons (Fsp3) is 0.450. The topological polar surface area (TPSA) is 93.7 Å². The van der Waals surface area contributed by atoms with E-state index in [0.717, 1.165) is 28.7 Å². The van der Waals surface area contributed by atoms with Gasteiger partial charge in [0.2, 0.25) is 5.95 Å². The van der Waals surface area contributed by atoms with Crippen molar-refractivity contribution in [3.8, 4) is 11.4 Å². The average Bonchev–Trinajstić information content (AvgIpc) is 3.05. The van der Waals surface area contributed by atoms with Crippen LogP contribution < -0.4 is 16.4 Å². The zero-order chi connectivity index (χ0) is 19.6. The molecule has 2 aliphatic heterocycles. The Morgan fingerprint density at radius 3 is 2.33 bits per heavy atom. The second-order valence-corrected chi connectivity index (χ2v) is 7.53. The van der Waals surface area contributed by atoms with Crippen molar-refractivity contribution in [2.45, 2.75) is 52.6 Å². The highest BCUT2D eigenvalue weighted by molar-refractivity contribution is 5.78. The highest BCUT2D eigenvalue weighted by Gasteiger charge is 2.28. The van der Waals surface area contributed by atoms with Gasteiger partial charge in [-0.25, -0.2) is 0 Å². The molecule has 0 bridgehead atoms. The molecule has 1 aromatic carbocycles. The molecule has 0 spiro atoms. The molecule has 2 aliphatic rings.